The van der Waals surface area contributed by atoms with Crippen molar-refractivity contribution < 1.29 is 18.7 Å². The standard InChI is InChI=1S/C22H23N3O4S2/c1-2-10-23-21(27)18(24-20(26)16-6-4-3-5-7-16)15-17-8-9-19(29-17)31-22(30)25-11-13-28-14-12-25/h2-9,15H,1,10-14H2,(H,23,27)(H,24,26)/b18-15-. The van der Waals surface area contributed by atoms with Crippen LogP contribution in [0, 0.1) is 0 Å². The zero-order valence-corrected chi connectivity index (χ0v) is 18.5. The molecule has 0 bridgehead atoms. The SMILES string of the molecule is C=CCNC(=O)/C(=C/c1ccc(SC(=S)N2CCOCC2)o1)NC(=O)c1ccccc1. The van der Waals surface area contributed by atoms with E-state index in [0.29, 0.717) is 34.0 Å². The Labute approximate surface area is 190 Å². The number of hydrogen-bond donors (Lipinski definition) is 2. The number of hydrogen-bond acceptors (Lipinski definition) is 6. The van der Waals surface area contributed by atoms with Crippen molar-refractivity contribution in [2.45, 2.75) is 5.09 Å². The molecule has 0 atom stereocenters. The number of amides is 2. The number of thiocarbonyl (C=S) groups is 1. The normalized spacial score (nSPS) is 14.1. The van der Waals surface area contributed by atoms with Gasteiger partial charge in [-0.15, -0.1) is 6.58 Å². The van der Waals surface area contributed by atoms with E-state index in [9.17, 15) is 9.59 Å². The van der Waals surface area contributed by atoms with E-state index in [0.717, 1.165) is 13.1 Å². The molecule has 9 heteroatoms. The maximum absolute atomic E-state index is 12.5. The molecule has 1 aromatic heterocycles. The first-order chi connectivity index (χ1) is 15.1. The zero-order chi connectivity index (χ0) is 22.1. The minimum Gasteiger partial charge on any atom is -0.450 e. The molecule has 0 spiro atoms. The van der Waals surface area contributed by atoms with Crippen LogP contribution in [0.2, 0.25) is 0 Å². The van der Waals surface area contributed by atoms with Gasteiger partial charge in [0.25, 0.3) is 11.8 Å². The molecule has 1 fully saturated rings. The molecule has 2 amide bonds. The van der Waals surface area contributed by atoms with Gasteiger partial charge in [0.1, 0.15) is 15.8 Å². The molecule has 1 aliphatic heterocycles. The Morgan fingerprint density at radius 3 is 2.61 bits per heavy atom. The molecule has 1 aliphatic rings. The van der Waals surface area contributed by atoms with E-state index in [1.165, 1.54) is 17.8 Å². The van der Waals surface area contributed by atoms with Crippen LogP contribution < -0.4 is 10.6 Å². The molecule has 1 aromatic carbocycles. The van der Waals surface area contributed by atoms with E-state index in [-0.39, 0.29) is 12.2 Å². The van der Waals surface area contributed by atoms with Crippen molar-refractivity contribution in [3.05, 3.63) is 72.1 Å². The minimum absolute atomic E-state index is 0.0670. The third kappa shape index (κ3) is 6.81. The van der Waals surface area contributed by atoms with Gasteiger partial charge in [0.05, 0.1) is 13.2 Å². The number of benzene rings is 1. The fourth-order valence-electron chi connectivity index (χ4n) is 2.71. The van der Waals surface area contributed by atoms with Crippen molar-refractivity contribution in [3.8, 4) is 0 Å². The molecule has 2 aromatic rings. The van der Waals surface area contributed by atoms with Gasteiger partial charge in [0, 0.05) is 31.3 Å². The van der Waals surface area contributed by atoms with E-state index < -0.39 is 11.8 Å². The molecule has 0 saturated carbocycles. The molecule has 0 unspecified atom stereocenters. The Balaban J connectivity index is 1.73. The average Bonchev–Trinajstić information content (AvgIpc) is 3.24. The Morgan fingerprint density at radius 1 is 1.16 bits per heavy atom. The Bertz CT molecular complexity index is 966. The topological polar surface area (TPSA) is 83.8 Å². The second-order valence-corrected chi connectivity index (χ2v) is 8.14. The van der Waals surface area contributed by atoms with Crippen LogP contribution >= 0.6 is 24.0 Å². The van der Waals surface area contributed by atoms with Gasteiger partial charge in [-0.3, -0.25) is 9.59 Å². The largest absolute Gasteiger partial charge is 0.450 e. The molecule has 2 heterocycles. The smallest absolute Gasteiger partial charge is 0.268 e. The number of morpholine rings is 1. The van der Waals surface area contributed by atoms with Crippen LogP contribution in [0.25, 0.3) is 6.08 Å². The van der Waals surface area contributed by atoms with E-state index in [1.54, 1.807) is 42.5 Å². The number of nitrogens with zero attached hydrogens (tertiary/aromatic N) is 1. The summed E-state index contributed by atoms with van der Waals surface area (Å²) in [5.74, 6) is -0.418. The van der Waals surface area contributed by atoms with Crippen LogP contribution in [0.4, 0.5) is 0 Å². The number of carbonyl (C=O) groups is 2. The van der Waals surface area contributed by atoms with Crippen molar-refractivity contribution in [3.63, 3.8) is 0 Å². The monoisotopic (exact) mass is 457 g/mol. The van der Waals surface area contributed by atoms with Crippen LogP contribution in [0.15, 0.2) is 70.3 Å². The highest BCUT2D eigenvalue weighted by molar-refractivity contribution is 8.22. The first-order valence-corrected chi connectivity index (χ1v) is 10.9. The van der Waals surface area contributed by atoms with Crippen molar-refractivity contribution in [2.75, 3.05) is 32.8 Å². The van der Waals surface area contributed by atoms with Crippen LogP contribution in [0.5, 0.6) is 0 Å². The number of nitrogens with one attached hydrogen (secondary N) is 2. The molecule has 162 valence electrons. The van der Waals surface area contributed by atoms with Crippen LogP contribution in [0.1, 0.15) is 16.1 Å². The Kier molecular flexibility index (Phi) is 8.45. The summed E-state index contributed by atoms with van der Waals surface area (Å²) in [6.45, 7) is 6.65. The Hall–Kier alpha value is -2.88. The second kappa shape index (κ2) is 11.5. The zero-order valence-electron chi connectivity index (χ0n) is 16.8. The van der Waals surface area contributed by atoms with Gasteiger partial charge in [0.15, 0.2) is 5.09 Å². The molecule has 3 rings (SSSR count). The summed E-state index contributed by atoms with van der Waals surface area (Å²) in [6.07, 6.45) is 3.05. The quantitative estimate of drug-likeness (QED) is 0.286. The van der Waals surface area contributed by atoms with Crippen LogP contribution in [-0.2, 0) is 9.53 Å². The summed E-state index contributed by atoms with van der Waals surface area (Å²) < 4.78 is 11.9. The van der Waals surface area contributed by atoms with Crippen LogP contribution in [0.3, 0.4) is 0 Å². The lowest BCUT2D eigenvalue weighted by molar-refractivity contribution is -0.117. The molecule has 0 radical (unpaired) electrons. The van der Waals surface area contributed by atoms with E-state index in [4.69, 9.17) is 21.4 Å². The molecule has 1 saturated heterocycles. The summed E-state index contributed by atoms with van der Waals surface area (Å²) in [7, 11) is 0. The lowest BCUT2D eigenvalue weighted by Gasteiger charge is -2.28. The maximum atomic E-state index is 12.5. The molecular formula is C22H23N3O4S2. The number of ether oxygens (including phenoxy) is 1. The average molecular weight is 458 g/mol. The van der Waals surface area contributed by atoms with Gasteiger partial charge < -0.3 is 24.7 Å². The highest BCUT2D eigenvalue weighted by atomic mass is 32.2. The number of furan rings is 1. The highest BCUT2D eigenvalue weighted by Gasteiger charge is 2.18. The molecular weight excluding hydrogens is 434 g/mol. The summed E-state index contributed by atoms with van der Waals surface area (Å²) in [5, 5.41) is 5.92. The first kappa shape index (κ1) is 22.8. The lowest BCUT2D eigenvalue weighted by Crippen LogP contribution is -2.38. The lowest BCUT2D eigenvalue weighted by atomic mass is 10.2. The third-order valence-corrected chi connectivity index (χ3v) is 5.64. The summed E-state index contributed by atoms with van der Waals surface area (Å²) in [5.41, 5.74) is 0.508. The predicted octanol–water partition coefficient (Wildman–Crippen LogP) is 3.06. The third-order valence-electron chi connectivity index (χ3n) is 4.28. The number of rotatable bonds is 7. The molecule has 2 N–H and O–H groups in total. The van der Waals surface area contributed by atoms with Gasteiger partial charge in [0.2, 0.25) is 0 Å². The molecule has 31 heavy (non-hydrogen) atoms. The predicted molar refractivity (Wildman–Crippen MR) is 125 cm³/mol. The number of thioether (sulfide) groups is 1. The van der Waals surface area contributed by atoms with Gasteiger partial charge in [-0.25, -0.2) is 0 Å². The highest BCUT2D eigenvalue weighted by Crippen LogP contribution is 2.25. The van der Waals surface area contributed by atoms with Crippen molar-refractivity contribution >= 4 is 46.2 Å². The van der Waals surface area contributed by atoms with Gasteiger partial charge >= 0.3 is 0 Å². The number of carbonyl (C=O) groups excluding carboxylic acids is 2. The summed E-state index contributed by atoms with van der Waals surface area (Å²) in [6, 6.07) is 12.2. The fourth-order valence-corrected chi connectivity index (χ4v) is 3.89. The summed E-state index contributed by atoms with van der Waals surface area (Å²) >= 11 is 6.82. The maximum Gasteiger partial charge on any atom is 0.268 e. The van der Waals surface area contributed by atoms with E-state index in [2.05, 4.69) is 22.1 Å². The van der Waals surface area contributed by atoms with Crippen LogP contribution in [-0.4, -0.2) is 53.9 Å². The van der Waals surface area contributed by atoms with E-state index in [1.807, 2.05) is 6.07 Å². The fraction of sp³-hybridized carbons (Fsp3) is 0.227. The Morgan fingerprint density at radius 2 is 1.90 bits per heavy atom. The van der Waals surface area contributed by atoms with E-state index >= 15 is 0 Å². The molecule has 0 aliphatic carbocycles. The second-order valence-electron chi connectivity index (χ2n) is 6.50. The molecule has 7 nitrogen and oxygen atoms in total. The first-order valence-electron chi connectivity index (χ1n) is 9.68. The van der Waals surface area contributed by atoms with Crippen molar-refractivity contribution in [1.29, 1.82) is 0 Å². The minimum atomic E-state index is -0.446. The van der Waals surface area contributed by atoms with Crippen molar-refractivity contribution in [1.82, 2.24) is 15.5 Å². The summed E-state index contributed by atoms with van der Waals surface area (Å²) in [4.78, 5) is 27.1. The van der Waals surface area contributed by atoms with Gasteiger partial charge in [-0.2, -0.15) is 0 Å². The van der Waals surface area contributed by atoms with Gasteiger partial charge in [-0.1, -0.05) is 36.5 Å². The van der Waals surface area contributed by atoms with Crippen molar-refractivity contribution in [2.24, 2.45) is 0 Å². The van der Waals surface area contributed by atoms with Gasteiger partial charge in [-0.05, 0) is 36.0 Å².